The van der Waals surface area contributed by atoms with Crippen LogP contribution in [0.25, 0.3) is 6.08 Å². The fourth-order valence-corrected chi connectivity index (χ4v) is 2.46. The first kappa shape index (κ1) is 14.1. The number of hydrogen-bond donors (Lipinski definition) is 1. The normalized spacial score (nSPS) is 11.7. The minimum atomic E-state index is -3.72. The Kier molecular flexibility index (Phi) is 4.05. The highest BCUT2D eigenvalue weighted by Crippen LogP contribution is 2.06. The van der Waals surface area contributed by atoms with Gasteiger partial charge in [0.1, 0.15) is 5.69 Å². The van der Waals surface area contributed by atoms with Crippen molar-refractivity contribution < 1.29 is 8.42 Å². The van der Waals surface area contributed by atoms with E-state index in [0.717, 1.165) is 11.0 Å². The summed E-state index contributed by atoms with van der Waals surface area (Å²) in [6.07, 6.45) is 3.02. The van der Waals surface area contributed by atoms with Crippen LogP contribution < -0.4 is 10.3 Å². The molecule has 104 valence electrons. The lowest BCUT2D eigenvalue weighted by atomic mass is 10.2. The van der Waals surface area contributed by atoms with Gasteiger partial charge in [0, 0.05) is 13.2 Å². The van der Waals surface area contributed by atoms with Gasteiger partial charge in [-0.2, -0.15) is 0 Å². The fraction of sp³-hybridized carbons (Fsp3) is 0.0714. The topological polar surface area (TPSA) is 68.2 Å². The summed E-state index contributed by atoms with van der Waals surface area (Å²) in [5.74, 6) is 0. The van der Waals surface area contributed by atoms with Crippen LogP contribution in [0, 0.1) is 0 Å². The Bertz CT molecular complexity index is 778. The van der Waals surface area contributed by atoms with Gasteiger partial charge >= 0.3 is 0 Å². The number of nitrogens with zero attached hydrogens (tertiary/aromatic N) is 1. The number of pyridine rings is 1. The highest BCUT2D eigenvalue weighted by Gasteiger charge is 2.09. The van der Waals surface area contributed by atoms with Crippen LogP contribution in [0.1, 0.15) is 5.56 Å². The van der Waals surface area contributed by atoms with Crippen LogP contribution in [0.4, 0.5) is 5.69 Å². The van der Waals surface area contributed by atoms with Crippen molar-refractivity contribution in [1.29, 1.82) is 0 Å². The number of nitrogens with one attached hydrogen (secondary N) is 1. The Morgan fingerprint density at radius 3 is 2.50 bits per heavy atom. The summed E-state index contributed by atoms with van der Waals surface area (Å²) in [5, 5.41) is 1.04. The quantitative estimate of drug-likeness (QED) is 0.933. The zero-order valence-electron chi connectivity index (χ0n) is 10.9. The molecular weight excluding hydrogens is 276 g/mol. The predicted molar refractivity (Wildman–Crippen MR) is 79.7 cm³/mol. The van der Waals surface area contributed by atoms with Crippen molar-refractivity contribution in [3.05, 3.63) is 70.0 Å². The number of aryl methyl sites for hydroxylation is 1. The molecule has 1 heterocycles. The second-order valence-electron chi connectivity index (χ2n) is 4.20. The summed E-state index contributed by atoms with van der Waals surface area (Å²) in [4.78, 5) is 11.7. The average molecular weight is 290 g/mol. The highest BCUT2D eigenvalue weighted by atomic mass is 32.2. The third-order valence-electron chi connectivity index (χ3n) is 2.61. The third kappa shape index (κ3) is 3.58. The van der Waals surface area contributed by atoms with Gasteiger partial charge < -0.3 is 4.57 Å². The van der Waals surface area contributed by atoms with E-state index in [1.54, 1.807) is 31.4 Å². The largest absolute Gasteiger partial charge is 0.317 e. The number of sulfonamides is 1. The molecule has 1 N–H and O–H groups in total. The van der Waals surface area contributed by atoms with Gasteiger partial charge in [-0.05, 0) is 23.8 Å². The van der Waals surface area contributed by atoms with E-state index in [2.05, 4.69) is 4.72 Å². The van der Waals surface area contributed by atoms with Crippen molar-refractivity contribution in [1.82, 2.24) is 4.57 Å². The van der Waals surface area contributed by atoms with E-state index < -0.39 is 15.6 Å². The summed E-state index contributed by atoms with van der Waals surface area (Å²) >= 11 is 0. The molecule has 2 aromatic rings. The van der Waals surface area contributed by atoms with Crippen LogP contribution in [0.15, 0.2) is 58.9 Å². The number of rotatable bonds is 4. The van der Waals surface area contributed by atoms with Gasteiger partial charge in [-0.3, -0.25) is 9.52 Å². The van der Waals surface area contributed by atoms with Crippen molar-refractivity contribution >= 4 is 21.8 Å². The van der Waals surface area contributed by atoms with Gasteiger partial charge in [0.25, 0.3) is 15.6 Å². The predicted octanol–water partition coefficient (Wildman–Crippen LogP) is 1.80. The molecule has 0 aliphatic carbocycles. The van der Waals surface area contributed by atoms with Crippen LogP contribution in [0.3, 0.4) is 0 Å². The first-order valence-corrected chi connectivity index (χ1v) is 7.44. The second-order valence-corrected chi connectivity index (χ2v) is 5.76. The lowest BCUT2D eigenvalue weighted by molar-refractivity contribution is 0.609. The number of aromatic nitrogens is 1. The van der Waals surface area contributed by atoms with E-state index in [9.17, 15) is 13.2 Å². The van der Waals surface area contributed by atoms with E-state index in [0.29, 0.717) is 0 Å². The van der Waals surface area contributed by atoms with Gasteiger partial charge in [0.2, 0.25) is 0 Å². The Morgan fingerprint density at radius 2 is 1.80 bits per heavy atom. The summed E-state index contributed by atoms with van der Waals surface area (Å²) in [7, 11) is -2.16. The molecule has 0 saturated heterocycles. The van der Waals surface area contributed by atoms with E-state index in [-0.39, 0.29) is 5.69 Å². The van der Waals surface area contributed by atoms with Crippen LogP contribution in [-0.4, -0.2) is 13.0 Å². The van der Waals surface area contributed by atoms with Crippen molar-refractivity contribution in [2.45, 2.75) is 0 Å². The summed E-state index contributed by atoms with van der Waals surface area (Å²) in [6, 6.07) is 12.1. The number of anilines is 1. The molecule has 0 radical (unpaired) electrons. The number of hydrogen-bond acceptors (Lipinski definition) is 3. The Balaban J connectivity index is 2.22. The molecule has 0 unspecified atom stereocenters. The zero-order chi connectivity index (χ0) is 14.6. The second kappa shape index (κ2) is 5.75. The first-order chi connectivity index (χ1) is 9.48. The molecule has 0 aliphatic heterocycles. The van der Waals surface area contributed by atoms with Crippen LogP contribution in [-0.2, 0) is 17.1 Å². The molecule has 20 heavy (non-hydrogen) atoms. The maximum atomic E-state index is 11.9. The molecule has 0 spiro atoms. The minimum Gasteiger partial charge on any atom is -0.317 e. The molecule has 6 heteroatoms. The van der Waals surface area contributed by atoms with E-state index >= 15 is 0 Å². The molecule has 5 nitrogen and oxygen atoms in total. The molecule has 2 rings (SSSR count). The monoisotopic (exact) mass is 290 g/mol. The molecular formula is C14H14N2O3S. The Hall–Kier alpha value is -2.34. The van der Waals surface area contributed by atoms with Gasteiger partial charge in [-0.25, -0.2) is 8.42 Å². The molecule has 0 bridgehead atoms. The molecule has 0 fully saturated rings. The van der Waals surface area contributed by atoms with Gasteiger partial charge in [-0.1, -0.05) is 30.3 Å². The summed E-state index contributed by atoms with van der Waals surface area (Å²) in [6.45, 7) is 0. The van der Waals surface area contributed by atoms with E-state index in [1.807, 2.05) is 18.2 Å². The maximum Gasteiger partial charge on any atom is 0.274 e. The standard InChI is InChI=1S/C14H14N2O3S/c1-16-10-5-8-13(14(16)17)15-20(18,19)11-9-12-6-3-2-4-7-12/h2-11,15H,1H3/b11-9-. The van der Waals surface area contributed by atoms with Crippen molar-refractivity contribution in [2.24, 2.45) is 7.05 Å². The molecule has 0 saturated carbocycles. The molecule has 0 atom stereocenters. The molecule has 0 amide bonds. The van der Waals surface area contributed by atoms with Crippen molar-refractivity contribution in [3.63, 3.8) is 0 Å². The van der Waals surface area contributed by atoms with Crippen LogP contribution >= 0.6 is 0 Å². The fourth-order valence-electron chi connectivity index (χ4n) is 1.59. The number of benzene rings is 1. The molecule has 1 aromatic carbocycles. The van der Waals surface area contributed by atoms with Gasteiger partial charge in [0.05, 0.1) is 5.41 Å². The van der Waals surface area contributed by atoms with Crippen LogP contribution in [0.2, 0.25) is 0 Å². The zero-order valence-corrected chi connectivity index (χ0v) is 11.7. The average Bonchev–Trinajstić information content (AvgIpc) is 2.43. The first-order valence-electron chi connectivity index (χ1n) is 5.89. The lowest BCUT2D eigenvalue weighted by Gasteiger charge is -2.05. The lowest BCUT2D eigenvalue weighted by Crippen LogP contribution is -2.22. The van der Waals surface area contributed by atoms with Crippen LogP contribution in [0.5, 0.6) is 0 Å². The van der Waals surface area contributed by atoms with Gasteiger partial charge in [-0.15, -0.1) is 0 Å². The minimum absolute atomic E-state index is 0.0210. The van der Waals surface area contributed by atoms with Gasteiger partial charge in [0.15, 0.2) is 0 Å². The summed E-state index contributed by atoms with van der Waals surface area (Å²) < 4.78 is 27.3. The third-order valence-corrected chi connectivity index (χ3v) is 3.61. The SMILES string of the molecule is Cn1cccc(NS(=O)(=O)/C=C\c2ccccc2)c1=O. The smallest absolute Gasteiger partial charge is 0.274 e. The maximum absolute atomic E-state index is 11.9. The van der Waals surface area contributed by atoms with E-state index in [4.69, 9.17) is 0 Å². The summed E-state index contributed by atoms with van der Waals surface area (Å²) in [5.41, 5.74) is 0.385. The van der Waals surface area contributed by atoms with Crippen molar-refractivity contribution in [3.8, 4) is 0 Å². The Labute approximate surface area is 117 Å². The van der Waals surface area contributed by atoms with Crippen molar-refractivity contribution in [2.75, 3.05) is 4.72 Å². The molecule has 1 aromatic heterocycles. The van der Waals surface area contributed by atoms with E-state index in [1.165, 1.54) is 16.7 Å². The Morgan fingerprint density at radius 1 is 1.10 bits per heavy atom. The highest BCUT2D eigenvalue weighted by molar-refractivity contribution is 7.95. The molecule has 0 aliphatic rings.